The first-order chi connectivity index (χ1) is 10.7. The molecule has 0 aliphatic carbocycles. The van der Waals surface area contributed by atoms with E-state index in [-0.39, 0.29) is 5.91 Å². The number of aromatic nitrogens is 1. The van der Waals surface area contributed by atoms with Crippen molar-refractivity contribution in [1.82, 2.24) is 10.3 Å². The summed E-state index contributed by atoms with van der Waals surface area (Å²) in [6.07, 6.45) is 1.55. The van der Waals surface area contributed by atoms with Crippen LogP contribution in [0.25, 0.3) is 0 Å². The van der Waals surface area contributed by atoms with Gasteiger partial charge in [-0.25, -0.2) is 4.98 Å². The van der Waals surface area contributed by atoms with E-state index in [1.807, 2.05) is 12.1 Å². The quantitative estimate of drug-likeness (QED) is 0.770. The van der Waals surface area contributed by atoms with Gasteiger partial charge in [0, 0.05) is 31.4 Å². The third-order valence-corrected chi connectivity index (χ3v) is 3.26. The Kier molecular flexibility index (Phi) is 6.18. The maximum absolute atomic E-state index is 12.0. The van der Waals surface area contributed by atoms with Crippen LogP contribution in [0.2, 0.25) is 5.02 Å². The van der Waals surface area contributed by atoms with E-state index in [9.17, 15) is 4.79 Å². The summed E-state index contributed by atoms with van der Waals surface area (Å²) in [5.41, 5.74) is 1.51. The predicted molar refractivity (Wildman–Crippen MR) is 87.2 cm³/mol. The number of anilines is 1. The second-order valence-electron chi connectivity index (χ2n) is 4.66. The van der Waals surface area contributed by atoms with Crippen molar-refractivity contribution >= 4 is 23.3 Å². The molecule has 0 bridgehead atoms. The van der Waals surface area contributed by atoms with Gasteiger partial charge in [-0.05, 0) is 29.8 Å². The highest BCUT2D eigenvalue weighted by Gasteiger charge is 2.06. The summed E-state index contributed by atoms with van der Waals surface area (Å²) in [5.74, 6) is 0.553. The van der Waals surface area contributed by atoms with E-state index in [1.54, 1.807) is 37.6 Å². The van der Waals surface area contributed by atoms with Crippen molar-refractivity contribution in [2.45, 2.75) is 6.54 Å². The molecule has 5 nitrogen and oxygen atoms in total. The molecule has 0 spiro atoms. The lowest BCUT2D eigenvalue weighted by Gasteiger charge is -2.07. The Hall–Kier alpha value is -2.11. The second-order valence-corrected chi connectivity index (χ2v) is 5.10. The molecule has 2 rings (SSSR count). The number of benzene rings is 1. The molecular weight excluding hydrogens is 302 g/mol. The van der Waals surface area contributed by atoms with Crippen LogP contribution in [-0.2, 0) is 11.3 Å². The molecule has 0 atom stereocenters. The van der Waals surface area contributed by atoms with E-state index in [2.05, 4.69) is 15.6 Å². The zero-order valence-corrected chi connectivity index (χ0v) is 13.1. The highest BCUT2D eigenvalue weighted by molar-refractivity contribution is 6.30. The summed E-state index contributed by atoms with van der Waals surface area (Å²) in [6.45, 7) is 1.72. The smallest absolute Gasteiger partial charge is 0.253 e. The molecule has 116 valence electrons. The molecule has 0 aliphatic rings. The van der Waals surface area contributed by atoms with Gasteiger partial charge in [-0.1, -0.05) is 23.7 Å². The molecule has 0 fully saturated rings. The number of pyridine rings is 1. The molecule has 1 aromatic heterocycles. The maximum Gasteiger partial charge on any atom is 0.253 e. The van der Waals surface area contributed by atoms with Crippen LogP contribution in [-0.4, -0.2) is 31.2 Å². The van der Waals surface area contributed by atoms with E-state index in [0.29, 0.717) is 36.1 Å². The molecule has 6 heteroatoms. The number of amides is 1. The number of nitrogens with one attached hydrogen (secondary N) is 2. The van der Waals surface area contributed by atoms with E-state index >= 15 is 0 Å². The van der Waals surface area contributed by atoms with Crippen LogP contribution >= 0.6 is 11.6 Å². The Morgan fingerprint density at radius 1 is 1.23 bits per heavy atom. The minimum Gasteiger partial charge on any atom is -0.383 e. The number of carbonyl (C=O) groups is 1. The number of halogens is 1. The van der Waals surface area contributed by atoms with Crippen molar-refractivity contribution in [3.63, 3.8) is 0 Å². The molecule has 1 amide bonds. The molecular formula is C16H18ClN3O2. The first kappa shape index (κ1) is 16.3. The van der Waals surface area contributed by atoms with Gasteiger partial charge in [-0.15, -0.1) is 0 Å². The van der Waals surface area contributed by atoms with Crippen LogP contribution in [0, 0.1) is 0 Å². The molecule has 1 aromatic carbocycles. The first-order valence-electron chi connectivity index (χ1n) is 6.90. The van der Waals surface area contributed by atoms with Gasteiger partial charge < -0.3 is 15.4 Å². The largest absolute Gasteiger partial charge is 0.383 e. The summed E-state index contributed by atoms with van der Waals surface area (Å²) in [7, 11) is 1.64. The SMILES string of the molecule is COCCNc1ccc(C(=O)NCc2ccc(Cl)cc2)cn1. The standard InChI is InChI=1S/C16H18ClN3O2/c1-22-9-8-18-15-7-4-13(11-19-15)16(21)20-10-12-2-5-14(17)6-3-12/h2-7,11H,8-10H2,1H3,(H,18,19)(H,20,21). The van der Waals surface area contributed by atoms with Gasteiger partial charge in [0.25, 0.3) is 5.91 Å². The number of ether oxygens (including phenoxy) is 1. The third kappa shape index (κ3) is 5.02. The van der Waals surface area contributed by atoms with E-state index in [4.69, 9.17) is 16.3 Å². The number of carbonyl (C=O) groups excluding carboxylic acids is 1. The summed E-state index contributed by atoms with van der Waals surface area (Å²) in [4.78, 5) is 16.2. The zero-order valence-electron chi connectivity index (χ0n) is 12.3. The first-order valence-corrected chi connectivity index (χ1v) is 7.28. The van der Waals surface area contributed by atoms with Crippen LogP contribution in [0.4, 0.5) is 5.82 Å². The number of hydrogen-bond donors (Lipinski definition) is 2. The fourth-order valence-electron chi connectivity index (χ4n) is 1.80. The number of nitrogens with zero attached hydrogens (tertiary/aromatic N) is 1. The van der Waals surface area contributed by atoms with E-state index < -0.39 is 0 Å². The van der Waals surface area contributed by atoms with Crippen molar-refractivity contribution in [3.8, 4) is 0 Å². The Bertz CT molecular complexity index is 600. The molecule has 22 heavy (non-hydrogen) atoms. The number of rotatable bonds is 7. The van der Waals surface area contributed by atoms with E-state index in [1.165, 1.54) is 0 Å². The topological polar surface area (TPSA) is 63.2 Å². The lowest BCUT2D eigenvalue weighted by molar-refractivity contribution is 0.0950. The van der Waals surface area contributed by atoms with E-state index in [0.717, 1.165) is 5.56 Å². The number of methoxy groups -OCH3 is 1. The van der Waals surface area contributed by atoms with Crippen molar-refractivity contribution in [2.24, 2.45) is 0 Å². The Labute approximate surface area is 134 Å². The summed E-state index contributed by atoms with van der Waals surface area (Å²) < 4.78 is 4.94. The Morgan fingerprint density at radius 2 is 2.00 bits per heavy atom. The number of hydrogen-bond acceptors (Lipinski definition) is 4. The molecule has 0 radical (unpaired) electrons. The van der Waals surface area contributed by atoms with Crippen molar-refractivity contribution in [2.75, 3.05) is 25.6 Å². The van der Waals surface area contributed by atoms with Crippen molar-refractivity contribution < 1.29 is 9.53 Å². The fourth-order valence-corrected chi connectivity index (χ4v) is 1.93. The summed E-state index contributed by atoms with van der Waals surface area (Å²) in [5, 5.41) is 6.62. The lowest BCUT2D eigenvalue weighted by atomic mass is 10.2. The molecule has 0 unspecified atom stereocenters. The second kappa shape index (κ2) is 8.36. The summed E-state index contributed by atoms with van der Waals surface area (Å²) >= 11 is 5.82. The molecule has 2 aromatic rings. The van der Waals surface area contributed by atoms with Crippen LogP contribution in [0.15, 0.2) is 42.6 Å². The average molecular weight is 320 g/mol. The highest BCUT2D eigenvalue weighted by atomic mass is 35.5. The van der Waals surface area contributed by atoms with Gasteiger partial charge in [0.1, 0.15) is 5.82 Å². The normalized spacial score (nSPS) is 10.3. The molecule has 0 saturated heterocycles. The van der Waals surface area contributed by atoms with Crippen LogP contribution < -0.4 is 10.6 Å². The summed E-state index contributed by atoms with van der Waals surface area (Å²) in [6, 6.07) is 10.9. The molecule has 1 heterocycles. The monoisotopic (exact) mass is 319 g/mol. The van der Waals surface area contributed by atoms with Gasteiger partial charge in [-0.2, -0.15) is 0 Å². The highest BCUT2D eigenvalue weighted by Crippen LogP contribution is 2.10. The fraction of sp³-hybridized carbons (Fsp3) is 0.250. The molecule has 2 N–H and O–H groups in total. The van der Waals surface area contributed by atoms with Crippen LogP contribution in [0.3, 0.4) is 0 Å². The minimum absolute atomic E-state index is 0.161. The van der Waals surface area contributed by atoms with Crippen molar-refractivity contribution in [1.29, 1.82) is 0 Å². The lowest BCUT2D eigenvalue weighted by Crippen LogP contribution is -2.23. The van der Waals surface area contributed by atoms with Gasteiger partial charge >= 0.3 is 0 Å². The maximum atomic E-state index is 12.0. The van der Waals surface area contributed by atoms with Gasteiger partial charge in [0.15, 0.2) is 0 Å². The third-order valence-electron chi connectivity index (χ3n) is 3.00. The van der Waals surface area contributed by atoms with Gasteiger partial charge in [0.2, 0.25) is 0 Å². The van der Waals surface area contributed by atoms with Gasteiger partial charge in [-0.3, -0.25) is 4.79 Å². The van der Waals surface area contributed by atoms with Gasteiger partial charge in [0.05, 0.1) is 12.2 Å². The average Bonchev–Trinajstić information content (AvgIpc) is 2.55. The Morgan fingerprint density at radius 3 is 2.64 bits per heavy atom. The molecule has 0 aliphatic heterocycles. The predicted octanol–water partition coefficient (Wildman–Crippen LogP) is 2.72. The minimum atomic E-state index is -0.161. The zero-order chi connectivity index (χ0) is 15.8. The van der Waals surface area contributed by atoms with Crippen molar-refractivity contribution in [3.05, 3.63) is 58.7 Å². The molecule has 0 saturated carbocycles. The Balaban J connectivity index is 1.85. The van der Waals surface area contributed by atoms with Crippen LogP contribution in [0.5, 0.6) is 0 Å². The van der Waals surface area contributed by atoms with Crippen LogP contribution in [0.1, 0.15) is 15.9 Å².